The number of aromatic nitrogens is 2. The van der Waals surface area contributed by atoms with Crippen molar-refractivity contribution in [1.82, 2.24) is 15.1 Å². The van der Waals surface area contributed by atoms with Gasteiger partial charge in [0.15, 0.2) is 5.82 Å². The maximum Gasteiger partial charge on any atom is 0.273 e. The van der Waals surface area contributed by atoms with Crippen LogP contribution in [0.1, 0.15) is 17.0 Å². The highest BCUT2D eigenvalue weighted by Gasteiger charge is 2.41. The number of benzene rings is 1. The predicted octanol–water partition coefficient (Wildman–Crippen LogP) is 2.90. The highest BCUT2D eigenvalue weighted by Crippen LogP contribution is 2.41. The van der Waals surface area contributed by atoms with E-state index in [0.717, 1.165) is 49.0 Å². The Bertz CT molecular complexity index is 834. The van der Waals surface area contributed by atoms with Crippen LogP contribution >= 0.6 is 11.6 Å². The molecule has 128 valence electrons. The van der Waals surface area contributed by atoms with Gasteiger partial charge in [-0.2, -0.15) is 5.10 Å². The average molecular weight is 356 g/mol. The van der Waals surface area contributed by atoms with Crippen molar-refractivity contribution in [2.75, 3.05) is 32.8 Å². The second-order valence-electron chi connectivity index (χ2n) is 6.24. The topological polar surface area (TPSA) is 57.9 Å². The smallest absolute Gasteiger partial charge is 0.273 e. The number of hydrogen-bond acceptors (Lipinski definition) is 4. The first kappa shape index (κ1) is 16.3. The lowest BCUT2D eigenvalue weighted by Gasteiger charge is -2.30. The molecule has 25 heavy (non-hydrogen) atoms. The Hall–Kier alpha value is -2.20. The molecule has 1 fully saturated rings. The van der Waals surface area contributed by atoms with Crippen molar-refractivity contribution in [1.29, 1.82) is 0 Å². The van der Waals surface area contributed by atoms with E-state index in [-0.39, 0.29) is 12.0 Å². The van der Waals surface area contributed by atoms with Gasteiger partial charge in [0, 0.05) is 30.2 Å². The van der Waals surface area contributed by atoms with Crippen LogP contribution < -0.4 is 0 Å². The molecule has 2 unspecified atom stereocenters. The van der Waals surface area contributed by atoms with Crippen molar-refractivity contribution >= 4 is 23.1 Å². The van der Waals surface area contributed by atoms with Crippen LogP contribution in [0.3, 0.4) is 0 Å². The van der Waals surface area contributed by atoms with Crippen molar-refractivity contribution in [2.45, 2.75) is 12.0 Å². The molecule has 0 radical (unpaired) electrons. The fourth-order valence-corrected chi connectivity index (χ4v) is 3.76. The van der Waals surface area contributed by atoms with Crippen molar-refractivity contribution in [3.05, 3.63) is 58.0 Å². The molecule has 3 heterocycles. The number of nitrogens with zero attached hydrogens (tertiary/aromatic N) is 4. The Morgan fingerprint density at radius 3 is 2.84 bits per heavy atom. The zero-order chi connectivity index (χ0) is 17.2. The Kier molecular flexibility index (Phi) is 4.53. The first-order valence-corrected chi connectivity index (χ1v) is 8.67. The minimum atomic E-state index is -0.382. The molecule has 0 saturated carbocycles. The minimum absolute atomic E-state index is 0.159. The summed E-state index contributed by atoms with van der Waals surface area (Å²) >= 11 is 6.45. The van der Waals surface area contributed by atoms with E-state index >= 15 is 0 Å². The Morgan fingerprint density at radius 2 is 2.08 bits per heavy atom. The maximum atomic E-state index is 7.82. The molecule has 6 nitrogen and oxygen atoms in total. The van der Waals surface area contributed by atoms with Gasteiger partial charge in [0.25, 0.3) is 6.04 Å². The van der Waals surface area contributed by atoms with E-state index in [2.05, 4.69) is 19.9 Å². The van der Waals surface area contributed by atoms with Gasteiger partial charge in [-0.3, -0.25) is 10.00 Å². The van der Waals surface area contributed by atoms with E-state index < -0.39 is 0 Å². The third-order valence-electron chi connectivity index (χ3n) is 4.76. The lowest BCUT2D eigenvalue weighted by molar-refractivity contribution is 0.0450. The fourth-order valence-electron chi connectivity index (χ4n) is 3.51. The standard InChI is InChI=1S/C18H18ClN5O/c1-20-17-15(11-24-6-8-25-9-7-24)22-18-13(10-21-23-18)16(17)12-4-2-3-5-14(12)19/h2-5,10,16-17H,6-9,11H2,(H,21,23). The quantitative estimate of drug-likeness (QED) is 0.861. The van der Waals surface area contributed by atoms with Crippen LogP contribution in [0.2, 0.25) is 5.02 Å². The Balaban J connectivity index is 1.74. The highest BCUT2D eigenvalue weighted by atomic mass is 35.5. The van der Waals surface area contributed by atoms with Crippen molar-refractivity contribution in [2.24, 2.45) is 4.99 Å². The molecule has 1 saturated heterocycles. The number of fused-ring (bicyclic) bond motifs is 1. The molecule has 0 bridgehead atoms. The molecule has 7 heteroatoms. The normalized spacial score (nSPS) is 23.6. The molecular weight excluding hydrogens is 338 g/mol. The third-order valence-corrected chi connectivity index (χ3v) is 5.11. The highest BCUT2D eigenvalue weighted by molar-refractivity contribution is 6.31. The van der Waals surface area contributed by atoms with Gasteiger partial charge in [0.1, 0.15) is 5.71 Å². The number of nitrogens with one attached hydrogen (secondary N) is 1. The second-order valence-corrected chi connectivity index (χ2v) is 6.65. The number of morpholine rings is 1. The van der Waals surface area contributed by atoms with E-state index in [1.54, 1.807) is 6.20 Å². The van der Waals surface area contributed by atoms with Gasteiger partial charge in [0.05, 0.1) is 25.3 Å². The van der Waals surface area contributed by atoms with Crippen LogP contribution in [0.4, 0.5) is 5.82 Å². The number of rotatable bonds is 3. The Morgan fingerprint density at radius 1 is 1.28 bits per heavy atom. The summed E-state index contributed by atoms with van der Waals surface area (Å²) in [6, 6.07) is 7.33. The molecule has 0 spiro atoms. The summed E-state index contributed by atoms with van der Waals surface area (Å²) in [5.74, 6) is 0.571. The van der Waals surface area contributed by atoms with Crippen LogP contribution in [0.25, 0.3) is 4.85 Å². The zero-order valence-corrected chi connectivity index (χ0v) is 14.4. The largest absolute Gasteiger partial charge is 0.379 e. The maximum absolute atomic E-state index is 7.82. The molecule has 1 aromatic heterocycles. The Labute approximate surface area is 151 Å². The van der Waals surface area contributed by atoms with Crippen LogP contribution in [0.15, 0.2) is 35.5 Å². The molecule has 4 rings (SSSR count). The summed E-state index contributed by atoms with van der Waals surface area (Å²) in [6.07, 6.45) is 1.76. The minimum Gasteiger partial charge on any atom is -0.379 e. The number of H-pyrrole nitrogens is 1. The number of hydrogen-bond donors (Lipinski definition) is 1. The molecule has 2 aliphatic rings. The first-order chi connectivity index (χ1) is 12.3. The SMILES string of the molecule is [C-]#[N+]C1C(CN2CCOCC2)=Nc2[nH]ncc2C1c1ccccc1Cl. The van der Waals surface area contributed by atoms with Gasteiger partial charge in [-0.1, -0.05) is 29.8 Å². The summed E-state index contributed by atoms with van der Waals surface area (Å²) in [5.41, 5.74) is 2.74. The fraction of sp³-hybridized carbons (Fsp3) is 0.389. The number of halogens is 1. The summed E-state index contributed by atoms with van der Waals surface area (Å²) in [5, 5.41) is 7.78. The predicted molar refractivity (Wildman–Crippen MR) is 96.6 cm³/mol. The summed E-state index contributed by atoms with van der Waals surface area (Å²) in [7, 11) is 0. The molecule has 1 aromatic carbocycles. The van der Waals surface area contributed by atoms with Crippen LogP contribution in [0, 0.1) is 6.57 Å². The van der Waals surface area contributed by atoms with Gasteiger partial charge in [-0.25, -0.2) is 11.6 Å². The van der Waals surface area contributed by atoms with Crippen LogP contribution in [-0.2, 0) is 4.74 Å². The number of aromatic amines is 1. The van der Waals surface area contributed by atoms with Gasteiger partial charge >= 0.3 is 0 Å². The van der Waals surface area contributed by atoms with E-state index in [9.17, 15) is 0 Å². The molecule has 1 N–H and O–H groups in total. The lowest BCUT2D eigenvalue weighted by atomic mass is 9.82. The van der Waals surface area contributed by atoms with Gasteiger partial charge in [-0.15, -0.1) is 0 Å². The molecule has 2 aliphatic heterocycles. The van der Waals surface area contributed by atoms with Gasteiger partial charge < -0.3 is 9.58 Å². The van der Waals surface area contributed by atoms with Gasteiger partial charge in [-0.05, 0) is 11.6 Å². The van der Waals surface area contributed by atoms with Crippen molar-refractivity contribution in [3.63, 3.8) is 0 Å². The molecular formula is C18H18ClN5O. The molecule has 2 atom stereocenters. The van der Waals surface area contributed by atoms with E-state index in [4.69, 9.17) is 27.9 Å². The zero-order valence-electron chi connectivity index (χ0n) is 13.7. The average Bonchev–Trinajstić information content (AvgIpc) is 3.10. The van der Waals surface area contributed by atoms with Crippen molar-refractivity contribution < 1.29 is 4.74 Å². The van der Waals surface area contributed by atoms with Crippen LogP contribution in [-0.4, -0.2) is 59.7 Å². The van der Waals surface area contributed by atoms with Crippen LogP contribution in [0.5, 0.6) is 0 Å². The summed E-state index contributed by atoms with van der Waals surface area (Å²) in [6.45, 7) is 11.6. The van der Waals surface area contributed by atoms with E-state index in [0.29, 0.717) is 11.6 Å². The van der Waals surface area contributed by atoms with E-state index in [1.165, 1.54) is 0 Å². The lowest BCUT2D eigenvalue weighted by Crippen LogP contribution is -2.43. The number of aliphatic imine (C=N–C) groups is 1. The second kappa shape index (κ2) is 6.96. The molecule has 0 aliphatic carbocycles. The monoisotopic (exact) mass is 355 g/mol. The third kappa shape index (κ3) is 3.07. The summed E-state index contributed by atoms with van der Waals surface area (Å²) in [4.78, 5) is 10.9. The molecule has 0 amide bonds. The van der Waals surface area contributed by atoms with E-state index in [1.807, 2.05) is 24.3 Å². The van der Waals surface area contributed by atoms with Crippen molar-refractivity contribution in [3.8, 4) is 0 Å². The summed E-state index contributed by atoms with van der Waals surface area (Å²) < 4.78 is 5.42. The van der Waals surface area contributed by atoms with Gasteiger partial charge in [0.2, 0.25) is 0 Å². The first-order valence-electron chi connectivity index (χ1n) is 8.29. The molecule has 2 aromatic rings. The number of ether oxygens (including phenoxy) is 1.